The molecule has 4 nitrogen and oxygen atoms in total. The van der Waals surface area contributed by atoms with Gasteiger partial charge in [-0.25, -0.2) is 0 Å². The molecule has 0 bridgehead atoms. The molecule has 4 heteroatoms. The van der Waals surface area contributed by atoms with Gasteiger partial charge < -0.3 is 10.2 Å². The lowest BCUT2D eigenvalue weighted by atomic mass is 10.1. The smallest absolute Gasteiger partial charge is 0.254 e. The van der Waals surface area contributed by atoms with Gasteiger partial charge in [-0.05, 0) is 30.2 Å². The van der Waals surface area contributed by atoms with E-state index in [9.17, 15) is 9.59 Å². The third-order valence-corrected chi connectivity index (χ3v) is 3.93. The van der Waals surface area contributed by atoms with Gasteiger partial charge in [0.05, 0.1) is 6.04 Å². The highest BCUT2D eigenvalue weighted by atomic mass is 16.2. The van der Waals surface area contributed by atoms with Crippen molar-refractivity contribution in [3.8, 4) is 0 Å². The average molecular weight is 310 g/mol. The van der Waals surface area contributed by atoms with Crippen molar-refractivity contribution in [1.82, 2.24) is 10.2 Å². The molecule has 0 saturated heterocycles. The van der Waals surface area contributed by atoms with Gasteiger partial charge >= 0.3 is 0 Å². The van der Waals surface area contributed by atoms with Gasteiger partial charge in [0.15, 0.2) is 0 Å². The Morgan fingerprint density at radius 2 is 1.65 bits per heavy atom. The molecule has 0 spiro atoms. The summed E-state index contributed by atoms with van der Waals surface area (Å²) in [6.45, 7) is 3.97. The summed E-state index contributed by atoms with van der Waals surface area (Å²) < 4.78 is 0. The molecule has 0 aliphatic rings. The van der Waals surface area contributed by atoms with Gasteiger partial charge in [-0.2, -0.15) is 0 Å². The normalized spacial score (nSPS) is 11.6. The van der Waals surface area contributed by atoms with Crippen LogP contribution in [0.4, 0.5) is 0 Å². The Labute approximate surface area is 137 Å². The van der Waals surface area contributed by atoms with Crippen molar-refractivity contribution < 1.29 is 9.59 Å². The van der Waals surface area contributed by atoms with Crippen molar-refractivity contribution in [1.29, 1.82) is 0 Å². The maximum absolute atomic E-state index is 12.6. The molecule has 0 aliphatic heterocycles. The first-order chi connectivity index (χ1) is 11.0. The van der Waals surface area contributed by atoms with Crippen molar-refractivity contribution in [3.63, 3.8) is 0 Å². The standard InChI is InChI=1S/C19H22N2O2/c1-14(17-7-5-4-6-8-17)21(3)19(23)18-11-9-16(10-12-18)13-20-15(2)22/h4-12,14H,13H2,1-3H3,(H,20,22). The van der Waals surface area contributed by atoms with E-state index in [-0.39, 0.29) is 17.9 Å². The number of carbonyl (C=O) groups excluding carboxylic acids is 2. The van der Waals surface area contributed by atoms with Gasteiger partial charge in [0.2, 0.25) is 5.91 Å². The summed E-state index contributed by atoms with van der Waals surface area (Å²) in [5.41, 5.74) is 2.71. The minimum atomic E-state index is -0.0680. The number of nitrogens with one attached hydrogen (secondary N) is 1. The fraction of sp³-hybridized carbons (Fsp3) is 0.263. The first kappa shape index (κ1) is 16.7. The molecule has 0 saturated carbocycles. The molecule has 0 aliphatic carbocycles. The molecule has 0 radical (unpaired) electrons. The average Bonchev–Trinajstić information content (AvgIpc) is 2.59. The summed E-state index contributed by atoms with van der Waals surface area (Å²) in [4.78, 5) is 25.2. The van der Waals surface area contributed by atoms with Gasteiger partial charge in [0.1, 0.15) is 0 Å². The molecule has 1 unspecified atom stereocenters. The SMILES string of the molecule is CC(=O)NCc1ccc(C(=O)N(C)C(C)c2ccccc2)cc1. The molecule has 2 aromatic rings. The summed E-state index contributed by atoms with van der Waals surface area (Å²) in [6.07, 6.45) is 0. The lowest BCUT2D eigenvalue weighted by molar-refractivity contribution is -0.119. The molecule has 0 heterocycles. The van der Waals surface area contributed by atoms with E-state index in [0.717, 1.165) is 11.1 Å². The van der Waals surface area contributed by atoms with E-state index in [2.05, 4.69) is 5.32 Å². The minimum absolute atomic E-state index is 0.00255. The predicted molar refractivity (Wildman–Crippen MR) is 90.9 cm³/mol. The van der Waals surface area contributed by atoms with Crippen LogP contribution in [0.1, 0.15) is 41.4 Å². The van der Waals surface area contributed by atoms with Crippen molar-refractivity contribution in [2.75, 3.05) is 7.05 Å². The second kappa shape index (κ2) is 7.58. The Kier molecular flexibility index (Phi) is 5.52. The summed E-state index contributed by atoms with van der Waals surface area (Å²) in [5.74, 6) is -0.0889. The zero-order chi connectivity index (χ0) is 16.8. The Morgan fingerprint density at radius 1 is 1.04 bits per heavy atom. The second-order valence-electron chi connectivity index (χ2n) is 5.61. The number of benzene rings is 2. The monoisotopic (exact) mass is 310 g/mol. The van der Waals surface area contributed by atoms with E-state index in [4.69, 9.17) is 0 Å². The van der Waals surface area contributed by atoms with Crippen LogP contribution in [0.25, 0.3) is 0 Å². The molecular weight excluding hydrogens is 288 g/mol. The number of hydrogen-bond donors (Lipinski definition) is 1. The third kappa shape index (κ3) is 4.42. The molecule has 120 valence electrons. The Balaban J connectivity index is 2.06. The van der Waals surface area contributed by atoms with Gasteiger partial charge in [-0.1, -0.05) is 42.5 Å². The van der Waals surface area contributed by atoms with Gasteiger partial charge in [0.25, 0.3) is 5.91 Å². The fourth-order valence-corrected chi connectivity index (χ4v) is 2.33. The van der Waals surface area contributed by atoms with Crippen LogP contribution in [0.5, 0.6) is 0 Å². The van der Waals surface area contributed by atoms with Gasteiger partial charge in [-0.15, -0.1) is 0 Å². The molecule has 0 aromatic heterocycles. The number of carbonyl (C=O) groups is 2. The lowest BCUT2D eigenvalue weighted by Gasteiger charge is -2.25. The van der Waals surface area contributed by atoms with Crippen LogP contribution in [-0.4, -0.2) is 23.8 Å². The van der Waals surface area contributed by atoms with Crippen LogP contribution in [0, 0.1) is 0 Å². The summed E-state index contributed by atoms with van der Waals surface area (Å²) in [5, 5.41) is 2.74. The first-order valence-electron chi connectivity index (χ1n) is 7.64. The third-order valence-electron chi connectivity index (χ3n) is 3.93. The largest absolute Gasteiger partial charge is 0.352 e. The van der Waals surface area contributed by atoms with E-state index < -0.39 is 0 Å². The molecule has 2 amide bonds. The molecule has 1 N–H and O–H groups in total. The molecule has 23 heavy (non-hydrogen) atoms. The molecule has 1 atom stereocenters. The fourth-order valence-electron chi connectivity index (χ4n) is 2.33. The van der Waals surface area contributed by atoms with E-state index in [0.29, 0.717) is 12.1 Å². The van der Waals surface area contributed by atoms with Gasteiger partial charge in [0, 0.05) is 26.1 Å². The summed E-state index contributed by atoms with van der Waals surface area (Å²) in [6, 6.07) is 17.3. The van der Waals surface area contributed by atoms with Crippen LogP contribution < -0.4 is 5.32 Å². The van der Waals surface area contributed by atoms with Crippen molar-refractivity contribution in [2.24, 2.45) is 0 Å². The van der Waals surface area contributed by atoms with E-state index >= 15 is 0 Å². The van der Waals surface area contributed by atoms with E-state index in [1.165, 1.54) is 6.92 Å². The van der Waals surface area contributed by atoms with Crippen LogP contribution in [0.3, 0.4) is 0 Å². The number of hydrogen-bond acceptors (Lipinski definition) is 2. The van der Waals surface area contributed by atoms with Crippen LogP contribution >= 0.6 is 0 Å². The lowest BCUT2D eigenvalue weighted by Crippen LogP contribution is -2.29. The highest BCUT2D eigenvalue weighted by Crippen LogP contribution is 2.20. The summed E-state index contributed by atoms with van der Waals surface area (Å²) in [7, 11) is 1.81. The molecule has 2 rings (SSSR count). The van der Waals surface area contributed by atoms with E-state index in [1.54, 1.807) is 17.0 Å². The van der Waals surface area contributed by atoms with Crippen molar-refractivity contribution in [2.45, 2.75) is 26.4 Å². The van der Waals surface area contributed by atoms with Gasteiger partial charge in [-0.3, -0.25) is 9.59 Å². The van der Waals surface area contributed by atoms with Crippen molar-refractivity contribution >= 4 is 11.8 Å². The highest BCUT2D eigenvalue weighted by molar-refractivity contribution is 5.94. The Hall–Kier alpha value is -2.62. The Morgan fingerprint density at radius 3 is 2.22 bits per heavy atom. The number of nitrogens with zero attached hydrogens (tertiary/aromatic N) is 1. The first-order valence-corrected chi connectivity index (χ1v) is 7.64. The summed E-state index contributed by atoms with van der Waals surface area (Å²) >= 11 is 0. The Bertz CT molecular complexity index is 666. The number of amides is 2. The minimum Gasteiger partial charge on any atom is -0.352 e. The zero-order valence-corrected chi connectivity index (χ0v) is 13.7. The van der Waals surface area contributed by atoms with Crippen LogP contribution in [-0.2, 0) is 11.3 Å². The predicted octanol–water partition coefficient (Wildman–Crippen LogP) is 3.16. The molecule has 0 fully saturated rings. The highest BCUT2D eigenvalue weighted by Gasteiger charge is 2.18. The molecule has 2 aromatic carbocycles. The maximum atomic E-state index is 12.6. The zero-order valence-electron chi connectivity index (χ0n) is 13.7. The van der Waals surface area contributed by atoms with Crippen molar-refractivity contribution in [3.05, 3.63) is 71.3 Å². The van der Waals surface area contributed by atoms with Crippen LogP contribution in [0.15, 0.2) is 54.6 Å². The molecular formula is C19H22N2O2. The quantitative estimate of drug-likeness (QED) is 0.922. The van der Waals surface area contributed by atoms with Crippen LogP contribution in [0.2, 0.25) is 0 Å². The number of rotatable bonds is 5. The maximum Gasteiger partial charge on any atom is 0.254 e. The van der Waals surface area contributed by atoms with E-state index in [1.807, 2.05) is 56.4 Å². The second-order valence-corrected chi connectivity index (χ2v) is 5.61. The topological polar surface area (TPSA) is 49.4 Å².